The summed E-state index contributed by atoms with van der Waals surface area (Å²) in [4.78, 5) is 0. The molecular formula is C16H28N2O3Si. The summed E-state index contributed by atoms with van der Waals surface area (Å²) in [5.74, 6) is 0. The van der Waals surface area contributed by atoms with Gasteiger partial charge in [0, 0.05) is 47.0 Å². The van der Waals surface area contributed by atoms with Gasteiger partial charge in [0.25, 0.3) is 0 Å². The van der Waals surface area contributed by atoms with E-state index in [0.29, 0.717) is 0 Å². The van der Waals surface area contributed by atoms with Gasteiger partial charge in [0.15, 0.2) is 0 Å². The van der Waals surface area contributed by atoms with E-state index in [9.17, 15) is 0 Å². The monoisotopic (exact) mass is 324 g/mol. The topological polar surface area (TPSA) is 51.8 Å². The van der Waals surface area contributed by atoms with Crippen LogP contribution in [0.25, 0.3) is 6.08 Å². The van der Waals surface area contributed by atoms with Gasteiger partial charge in [0.2, 0.25) is 0 Å². The summed E-state index contributed by atoms with van der Waals surface area (Å²) < 4.78 is 16.1. The van der Waals surface area contributed by atoms with Gasteiger partial charge in [-0.25, -0.2) is 0 Å². The summed E-state index contributed by atoms with van der Waals surface area (Å²) >= 11 is 0. The van der Waals surface area contributed by atoms with Gasteiger partial charge in [0.1, 0.15) is 0 Å². The summed E-state index contributed by atoms with van der Waals surface area (Å²) in [6.45, 7) is 7.24. The molecule has 0 fully saturated rings. The minimum absolute atomic E-state index is 0.763. The Hall–Kier alpha value is -1.02. The molecule has 0 amide bonds. The van der Waals surface area contributed by atoms with Crippen molar-refractivity contribution in [3.8, 4) is 0 Å². The second kappa shape index (κ2) is 10.7. The largest absolute Gasteiger partial charge is 0.501 e. The molecule has 0 aliphatic carbocycles. The van der Waals surface area contributed by atoms with Crippen LogP contribution in [0, 0.1) is 0 Å². The lowest BCUT2D eigenvalue weighted by Gasteiger charge is -2.24. The molecule has 1 aromatic rings. The second-order valence-corrected chi connectivity index (χ2v) is 8.01. The Kier molecular flexibility index (Phi) is 9.22. The number of hydrogen-bond donors (Lipinski definition) is 2. The fraction of sp³-hybridized carbons (Fsp3) is 0.500. The Bertz CT molecular complexity index is 414. The van der Waals surface area contributed by atoms with E-state index in [1.165, 1.54) is 5.56 Å². The van der Waals surface area contributed by atoms with E-state index in [2.05, 4.69) is 41.5 Å². The van der Waals surface area contributed by atoms with Crippen molar-refractivity contribution in [1.29, 1.82) is 0 Å². The molecule has 0 unspecified atom stereocenters. The van der Waals surface area contributed by atoms with Crippen LogP contribution in [-0.2, 0) is 19.8 Å². The van der Waals surface area contributed by atoms with Crippen LogP contribution in [0.1, 0.15) is 11.1 Å². The van der Waals surface area contributed by atoms with E-state index >= 15 is 0 Å². The maximum atomic E-state index is 5.37. The van der Waals surface area contributed by atoms with Gasteiger partial charge in [0.05, 0.1) is 0 Å². The van der Waals surface area contributed by atoms with Crippen LogP contribution < -0.4 is 10.6 Å². The van der Waals surface area contributed by atoms with Crippen LogP contribution >= 0.6 is 0 Å². The molecule has 0 saturated heterocycles. The maximum Gasteiger partial charge on any atom is 0.501 e. The summed E-state index contributed by atoms with van der Waals surface area (Å²) in [5.41, 5.74) is 2.42. The van der Waals surface area contributed by atoms with Crippen molar-refractivity contribution in [3.63, 3.8) is 0 Å². The fourth-order valence-electron chi connectivity index (χ4n) is 2.10. The molecule has 0 aliphatic rings. The third-order valence-electron chi connectivity index (χ3n) is 3.56. The fourth-order valence-corrected chi connectivity index (χ4v) is 3.70. The van der Waals surface area contributed by atoms with E-state index < -0.39 is 8.80 Å². The molecule has 5 nitrogen and oxygen atoms in total. The second-order valence-electron chi connectivity index (χ2n) is 4.92. The van der Waals surface area contributed by atoms with Crippen molar-refractivity contribution in [2.75, 3.05) is 41.0 Å². The molecule has 124 valence electrons. The molecule has 0 bridgehead atoms. The number of hydrogen-bond acceptors (Lipinski definition) is 5. The van der Waals surface area contributed by atoms with Gasteiger partial charge >= 0.3 is 8.80 Å². The van der Waals surface area contributed by atoms with E-state index in [1.807, 2.05) is 6.08 Å². The lowest BCUT2D eigenvalue weighted by atomic mass is 10.1. The van der Waals surface area contributed by atoms with E-state index in [0.717, 1.165) is 37.8 Å². The van der Waals surface area contributed by atoms with E-state index in [4.69, 9.17) is 13.3 Å². The molecule has 0 heterocycles. The first-order chi connectivity index (χ1) is 10.7. The minimum atomic E-state index is -2.44. The Balaban J connectivity index is 2.11. The van der Waals surface area contributed by atoms with Crippen LogP contribution in [0.4, 0.5) is 0 Å². The maximum absolute atomic E-state index is 5.37. The van der Waals surface area contributed by atoms with E-state index in [-0.39, 0.29) is 0 Å². The van der Waals surface area contributed by atoms with Gasteiger partial charge < -0.3 is 23.9 Å². The molecule has 2 N–H and O–H groups in total. The van der Waals surface area contributed by atoms with Crippen LogP contribution in [0.15, 0.2) is 30.8 Å². The number of benzene rings is 1. The zero-order valence-electron chi connectivity index (χ0n) is 13.9. The predicted octanol–water partition coefficient (Wildman–Crippen LogP) is 1.89. The van der Waals surface area contributed by atoms with Gasteiger partial charge in [-0.1, -0.05) is 36.9 Å². The highest BCUT2D eigenvalue weighted by molar-refractivity contribution is 6.60. The summed E-state index contributed by atoms with van der Waals surface area (Å²) in [6, 6.07) is 9.15. The first-order valence-corrected chi connectivity index (χ1v) is 9.41. The first-order valence-electron chi connectivity index (χ1n) is 7.48. The van der Waals surface area contributed by atoms with Crippen molar-refractivity contribution in [1.82, 2.24) is 10.6 Å². The van der Waals surface area contributed by atoms with Crippen molar-refractivity contribution in [2.45, 2.75) is 12.6 Å². The zero-order chi connectivity index (χ0) is 16.3. The van der Waals surface area contributed by atoms with Crippen LogP contribution in [-0.4, -0.2) is 49.8 Å². The highest BCUT2D eigenvalue weighted by atomic mass is 28.4. The minimum Gasteiger partial charge on any atom is -0.377 e. The molecule has 0 atom stereocenters. The van der Waals surface area contributed by atoms with Gasteiger partial charge in [-0.05, 0) is 17.7 Å². The van der Waals surface area contributed by atoms with Crippen molar-refractivity contribution < 1.29 is 13.3 Å². The summed E-state index contributed by atoms with van der Waals surface area (Å²) in [7, 11) is 2.47. The predicted molar refractivity (Wildman–Crippen MR) is 92.7 cm³/mol. The average molecular weight is 324 g/mol. The van der Waals surface area contributed by atoms with Gasteiger partial charge in [-0.15, -0.1) is 0 Å². The lowest BCUT2D eigenvalue weighted by Crippen LogP contribution is -2.45. The molecule has 1 rings (SSSR count). The summed E-state index contributed by atoms with van der Waals surface area (Å²) in [5, 5.41) is 6.78. The molecule has 6 heteroatoms. The molecule has 0 radical (unpaired) electrons. The van der Waals surface area contributed by atoms with Crippen molar-refractivity contribution in [3.05, 3.63) is 42.0 Å². The normalized spacial score (nSPS) is 11.6. The van der Waals surface area contributed by atoms with Crippen molar-refractivity contribution in [2.24, 2.45) is 0 Å². The van der Waals surface area contributed by atoms with Gasteiger partial charge in [-0.3, -0.25) is 0 Å². The molecule has 0 saturated carbocycles. The third kappa shape index (κ3) is 6.39. The Morgan fingerprint density at radius 1 is 0.955 bits per heavy atom. The Labute approximate surface area is 135 Å². The molecule has 0 aromatic heterocycles. The molecule has 0 spiro atoms. The van der Waals surface area contributed by atoms with Crippen molar-refractivity contribution >= 4 is 14.9 Å². The number of rotatable bonds is 12. The quantitative estimate of drug-likeness (QED) is 0.454. The first kappa shape index (κ1) is 19.0. The Morgan fingerprint density at radius 2 is 1.55 bits per heavy atom. The highest BCUT2D eigenvalue weighted by Crippen LogP contribution is 2.10. The molecule has 1 aromatic carbocycles. The Morgan fingerprint density at radius 3 is 2.09 bits per heavy atom. The van der Waals surface area contributed by atoms with E-state index in [1.54, 1.807) is 21.3 Å². The van der Waals surface area contributed by atoms with Crippen LogP contribution in [0.2, 0.25) is 6.04 Å². The number of nitrogens with one attached hydrogen (secondary N) is 2. The molecular weight excluding hydrogens is 296 g/mol. The lowest BCUT2D eigenvalue weighted by molar-refractivity contribution is 0.123. The molecule has 0 aliphatic heterocycles. The van der Waals surface area contributed by atoms with Crippen LogP contribution in [0.5, 0.6) is 0 Å². The molecule has 22 heavy (non-hydrogen) atoms. The zero-order valence-corrected chi connectivity index (χ0v) is 14.9. The van der Waals surface area contributed by atoms with Gasteiger partial charge in [-0.2, -0.15) is 0 Å². The highest BCUT2D eigenvalue weighted by Gasteiger charge is 2.36. The smallest absolute Gasteiger partial charge is 0.377 e. The SMILES string of the molecule is C=Cc1ccc(CNCCNCC[Si](OC)(OC)OC)cc1. The third-order valence-corrected chi connectivity index (χ3v) is 6.29. The standard InChI is InChI=1S/C16H28N2O3Si/c1-5-15-6-8-16(9-7-15)14-18-11-10-17-12-13-22(19-2,20-3)21-4/h5-9,17-18H,1,10-14H2,2-4H3. The van der Waals surface area contributed by atoms with Crippen LogP contribution in [0.3, 0.4) is 0 Å². The average Bonchev–Trinajstić information content (AvgIpc) is 2.58. The summed E-state index contributed by atoms with van der Waals surface area (Å²) in [6.07, 6.45) is 1.85.